The summed E-state index contributed by atoms with van der Waals surface area (Å²) in [5, 5.41) is 37.0. The van der Waals surface area contributed by atoms with Gasteiger partial charge in [-0.15, -0.1) is 0 Å². The first-order valence-corrected chi connectivity index (χ1v) is 17.9. The van der Waals surface area contributed by atoms with Gasteiger partial charge >= 0.3 is 5.97 Å². The average Bonchev–Trinajstić information content (AvgIpc) is 3.09. The Kier molecular flexibility index (Phi) is 17.5. The fourth-order valence-electron chi connectivity index (χ4n) is 5.97. The monoisotopic (exact) mass is 704 g/mol. The molecular formula is C39H56N6O6. The summed E-state index contributed by atoms with van der Waals surface area (Å²) in [5.41, 5.74) is 8.52. The highest BCUT2D eigenvalue weighted by molar-refractivity contribution is 5.90. The summed E-state index contributed by atoms with van der Waals surface area (Å²) < 4.78 is 0. The minimum absolute atomic E-state index is 0.127. The van der Waals surface area contributed by atoms with Gasteiger partial charge in [-0.05, 0) is 66.3 Å². The number of aliphatic hydroxyl groups excluding tert-OH is 1. The first-order chi connectivity index (χ1) is 24.4. The topological polar surface area (TPSA) is 195 Å². The van der Waals surface area contributed by atoms with Crippen LogP contribution in [0.2, 0.25) is 0 Å². The summed E-state index contributed by atoms with van der Waals surface area (Å²) in [4.78, 5) is 50.3. The fourth-order valence-corrected chi connectivity index (χ4v) is 5.97. The van der Waals surface area contributed by atoms with Crippen LogP contribution in [0, 0.1) is 5.92 Å². The van der Waals surface area contributed by atoms with Crippen LogP contribution in [-0.2, 0) is 32.0 Å². The van der Waals surface area contributed by atoms with Gasteiger partial charge in [0.1, 0.15) is 12.1 Å². The molecule has 0 bridgehead atoms. The van der Waals surface area contributed by atoms with Gasteiger partial charge in [-0.1, -0.05) is 86.6 Å². The van der Waals surface area contributed by atoms with E-state index in [1.54, 1.807) is 0 Å². The van der Waals surface area contributed by atoms with Crippen LogP contribution in [-0.4, -0.2) is 90.4 Å². The first-order valence-electron chi connectivity index (χ1n) is 17.9. The largest absolute Gasteiger partial charge is 0.480 e. The standard InChI is InChI=1S/C39H56N6O6/c1-26(2)19-35(39(50)51)43-24-33(22-28-11-5-4-6-12-28)44-38(49)36(25-46)45-37(48)34(15-9-10-18-41-27(3)47)42-23-32(40)21-29-16-17-30-13-7-8-14-31(30)20-29/h4-8,11-14,16-17,20,26,32-36,42-43,46H,9-10,15,18-19,21-25,40H2,1-3H3,(H,41,47)(H,44,49)(H,45,48)(H,50,51)/t32-,33-,34-,35-,36-/m0/s1. The number of nitrogens with two attached hydrogens (primary N) is 1. The van der Waals surface area contributed by atoms with Crippen LogP contribution in [0.25, 0.3) is 10.8 Å². The summed E-state index contributed by atoms with van der Waals surface area (Å²) in [5.74, 6) is -1.99. The van der Waals surface area contributed by atoms with Crippen LogP contribution in [0.4, 0.5) is 0 Å². The number of rotatable bonds is 23. The maximum absolute atomic E-state index is 13.6. The Morgan fingerprint density at radius 2 is 1.41 bits per heavy atom. The van der Waals surface area contributed by atoms with E-state index in [-0.39, 0.29) is 24.4 Å². The minimum atomic E-state index is -1.24. The number of carbonyl (C=O) groups is 4. The van der Waals surface area contributed by atoms with Gasteiger partial charge in [0.15, 0.2) is 0 Å². The maximum atomic E-state index is 13.6. The number of aliphatic carboxylic acids is 1. The zero-order chi connectivity index (χ0) is 37.2. The lowest BCUT2D eigenvalue weighted by molar-refractivity contribution is -0.140. The molecule has 0 aliphatic rings. The average molecular weight is 705 g/mol. The number of hydrogen-bond donors (Lipinski definition) is 8. The Hall–Kier alpha value is -4.36. The van der Waals surface area contributed by atoms with Gasteiger partial charge in [-0.2, -0.15) is 0 Å². The molecule has 0 spiro atoms. The van der Waals surface area contributed by atoms with Crippen molar-refractivity contribution in [2.45, 2.75) is 89.5 Å². The molecule has 0 saturated carbocycles. The highest BCUT2D eigenvalue weighted by Gasteiger charge is 2.28. The van der Waals surface area contributed by atoms with Gasteiger partial charge in [0.25, 0.3) is 0 Å². The van der Waals surface area contributed by atoms with Crippen LogP contribution in [0.5, 0.6) is 0 Å². The van der Waals surface area contributed by atoms with Gasteiger partial charge in [0.2, 0.25) is 17.7 Å². The molecule has 3 aromatic rings. The number of carboxylic acids is 1. The number of hydrogen-bond acceptors (Lipinski definition) is 8. The van der Waals surface area contributed by atoms with E-state index in [1.165, 1.54) is 6.92 Å². The van der Waals surface area contributed by atoms with Crippen molar-refractivity contribution in [3.05, 3.63) is 83.9 Å². The van der Waals surface area contributed by atoms with Gasteiger partial charge in [0.05, 0.1) is 12.6 Å². The van der Waals surface area contributed by atoms with E-state index in [1.807, 2.05) is 62.4 Å². The second-order valence-electron chi connectivity index (χ2n) is 13.7. The predicted molar refractivity (Wildman–Crippen MR) is 200 cm³/mol. The first kappa shape index (κ1) is 41.1. The van der Waals surface area contributed by atoms with E-state index in [2.05, 4.69) is 50.8 Å². The van der Waals surface area contributed by atoms with Crippen molar-refractivity contribution >= 4 is 34.5 Å². The van der Waals surface area contributed by atoms with Crippen LogP contribution in [0.15, 0.2) is 72.8 Å². The SMILES string of the molecule is CC(=O)NCCCC[C@H](NC[C@@H](N)Cc1ccc2ccccc2c1)C(=O)N[C@@H](CO)C(=O)N[C@H](CN[C@@H](CC(C)C)C(=O)O)Cc1ccccc1. The molecule has 0 aliphatic heterocycles. The number of carboxylic acid groups (broad SMARTS) is 1. The van der Waals surface area contributed by atoms with E-state index in [9.17, 15) is 29.4 Å². The van der Waals surface area contributed by atoms with Crippen molar-refractivity contribution < 1.29 is 29.4 Å². The zero-order valence-corrected chi connectivity index (χ0v) is 30.1. The summed E-state index contributed by atoms with van der Waals surface area (Å²) in [7, 11) is 0. The Bertz CT molecular complexity index is 1540. The van der Waals surface area contributed by atoms with Gasteiger partial charge < -0.3 is 42.5 Å². The van der Waals surface area contributed by atoms with Crippen molar-refractivity contribution in [2.24, 2.45) is 11.7 Å². The summed E-state index contributed by atoms with van der Waals surface area (Å²) >= 11 is 0. The van der Waals surface area contributed by atoms with Crippen molar-refractivity contribution in [3.63, 3.8) is 0 Å². The molecule has 3 aromatic carbocycles. The molecular weight excluding hydrogens is 648 g/mol. The molecule has 278 valence electrons. The number of amides is 3. The molecule has 0 saturated heterocycles. The van der Waals surface area contributed by atoms with Gasteiger partial charge in [-0.3, -0.25) is 19.2 Å². The molecule has 0 aliphatic carbocycles. The summed E-state index contributed by atoms with van der Waals surface area (Å²) in [6.07, 6.45) is 3.11. The Balaban J connectivity index is 1.66. The third kappa shape index (κ3) is 15.2. The molecule has 12 nitrogen and oxygen atoms in total. The lowest BCUT2D eigenvalue weighted by atomic mass is 10.0. The lowest BCUT2D eigenvalue weighted by Crippen LogP contribution is -2.58. The normalized spacial score (nSPS) is 14.3. The number of aliphatic hydroxyl groups is 1. The molecule has 9 N–H and O–H groups in total. The Morgan fingerprint density at radius 3 is 2.08 bits per heavy atom. The molecule has 0 radical (unpaired) electrons. The molecule has 5 atom stereocenters. The van der Waals surface area contributed by atoms with E-state index in [4.69, 9.17) is 5.73 Å². The number of carbonyl (C=O) groups excluding carboxylic acids is 3. The second kappa shape index (κ2) is 21.8. The molecule has 0 aromatic heterocycles. The summed E-state index contributed by atoms with van der Waals surface area (Å²) in [6, 6.07) is 20.2. The molecule has 3 amide bonds. The van der Waals surface area contributed by atoms with E-state index >= 15 is 0 Å². The van der Waals surface area contributed by atoms with Crippen LogP contribution in [0.3, 0.4) is 0 Å². The second-order valence-corrected chi connectivity index (χ2v) is 13.7. The number of fused-ring (bicyclic) bond motifs is 1. The van der Waals surface area contributed by atoms with Gasteiger partial charge in [-0.25, -0.2) is 0 Å². The number of benzene rings is 3. The quantitative estimate of drug-likeness (QED) is 0.0684. The molecule has 0 unspecified atom stereocenters. The Labute approximate surface area is 301 Å². The smallest absolute Gasteiger partial charge is 0.320 e. The van der Waals surface area contributed by atoms with Crippen molar-refractivity contribution in [1.29, 1.82) is 0 Å². The minimum Gasteiger partial charge on any atom is -0.480 e. The third-order valence-corrected chi connectivity index (χ3v) is 8.65. The predicted octanol–water partition coefficient (Wildman–Crippen LogP) is 2.27. The third-order valence-electron chi connectivity index (χ3n) is 8.65. The van der Waals surface area contributed by atoms with Crippen LogP contribution in [0.1, 0.15) is 57.6 Å². The number of nitrogens with one attached hydrogen (secondary N) is 5. The van der Waals surface area contributed by atoms with Crippen molar-refractivity contribution in [3.8, 4) is 0 Å². The lowest BCUT2D eigenvalue weighted by Gasteiger charge is -2.27. The van der Waals surface area contributed by atoms with Crippen molar-refractivity contribution in [1.82, 2.24) is 26.6 Å². The molecule has 0 fully saturated rings. The number of unbranched alkanes of at least 4 members (excludes halogenated alkanes) is 1. The molecule has 3 rings (SSSR count). The molecule has 12 heteroatoms. The van der Waals surface area contributed by atoms with Gasteiger partial charge in [0, 0.05) is 38.6 Å². The van der Waals surface area contributed by atoms with E-state index in [0.29, 0.717) is 51.6 Å². The molecule has 0 heterocycles. The van der Waals surface area contributed by atoms with Crippen LogP contribution >= 0.6 is 0 Å². The van der Waals surface area contributed by atoms with Crippen LogP contribution < -0.4 is 32.3 Å². The highest BCUT2D eigenvalue weighted by atomic mass is 16.4. The van der Waals surface area contributed by atoms with E-state index in [0.717, 1.165) is 21.9 Å². The van der Waals surface area contributed by atoms with E-state index < -0.39 is 48.6 Å². The fraction of sp³-hybridized carbons (Fsp3) is 0.487. The van der Waals surface area contributed by atoms with Crippen molar-refractivity contribution in [2.75, 3.05) is 26.2 Å². The zero-order valence-electron chi connectivity index (χ0n) is 30.1. The molecule has 51 heavy (non-hydrogen) atoms. The Morgan fingerprint density at radius 1 is 0.745 bits per heavy atom. The summed E-state index contributed by atoms with van der Waals surface area (Å²) in [6.45, 7) is 5.68. The maximum Gasteiger partial charge on any atom is 0.320 e. The highest BCUT2D eigenvalue weighted by Crippen LogP contribution is 2.16.